The minimum atomic E-state index is -0.637. The van der Waals surface area contributed by atoms with Gasteiger partial charge in [0, 0.05) is 30.3 Å². The van der Waals surface area contributed by atoms with Gasteiger partial charge in [0.05, 0.1) is 5.60 Å². The molecule has 4 saturated carbocycles. The van der Waals surface area contributed by atoms with E-state index in [1.54, 1.807) is 6.08 Å². The molecule has 4 fully saturated rings. The predicted molar refractivity (Wildman–Crippen MR) is 131 cm³/mol. The first-order valence-electron chi connectivity index (χ1n) is 13.5. The number of aliphatic imine (C=N–C) groups is 1. The Morgan fingerprint density at radius 1 is 1.18 bits per heavy atom. The molecule has 0 spiro atoms. The number of hydrogen-bond donors (Lipinski definition) is 3. The highest BCUT2D eigenvalue weighted by molar-refractivity contribution is 5.88. The molecule has 7 heteroatoms. The summed E-state index contributed by atoms with van der Waals surface area (Å²) in [5, 5.41) is 20.4. The van der Waals surface area contributed by atoms with Gasteiger partial charge in [-0.1, -0.05) is 13.8 Å². The van der Waals surface area contributed by atoms with Crippen LogP contribution in [-0.2, 0) is 9.53 Å². The summed E-state index contributed by atoms with van der Waals surface area (Å²) in [4.78, 5) is 16.2. The van der Waals surface area contributed by atoms with Crippen LogP contribution in [0.1, 0.15) is 78.1 Å². The number of esters is 1. The lowest BCUT2D eigenvalue weighted by atomic mass is 9.43. The third-order valence-electron chi connectivity index (χ3n) is 11.0. The highest BCUT2D eigenvalue weighted by Gasteiger charge is 2.67. The van der Waals surface area contributed by atoms with E-state index in [0.29, 0.717) is 24.4 Å². The molecule has 0 saturated heterocycles. The van der Waals surface area contributed by atoms with E-state index in [9.17, 15) is 9.90 Å². The maximum atomic E-state index is 12.3. The lowest BCUT2D eigenvalue weighted by Crippen LogP contribution is -2.62. The zero-order valence-corrected chi connectivity index (χ0v) is 20.7. The van der Waals surface area contributed by atoms with Crippen LogP contribution in [0.4, 0.5) is 0 Å². The van der Waals surface area contributed by atoms with Crippen LogP contribution >= 0.6 is 0 Å². The fourth-order valence-corrected chi connectivity index (χ4v) is 9.05. The smallest absolute Gasteiger partial charge is 0.331 e. The molecule has 0 bridgehead atoms. The Hall–Kier alpha value is -1.89. The highest BCUT2D eigenvalue weighted by Crippen LogP contribution is 2.69. The number of nitrogens with zero attached hydrogens (tertiary/aromatic N) is 2. The van der Waals surface area contributed by atoms with Crippen molar-refractivity contribution in [1.29, 1.82) is 0 Å². The van der Waals surface area contributed by atoms with Gasteiger partial charge < -0.3 is 15.2 Å². The van der Waals surface area contributed by atoms with Crippen molar-refractivity contribution in [2.24, 2.45) is 44.6 Å². The lowest BCUT2D eigenvalue weighted by Gasteiger charge is -2.63. The van der Waals surface area contributed by atoms with E-state index in [1.807, 2.05) is 0 Å². The van der Waals surface area contributed by atoms with E-state index in [-0.39, 0.29) is 22.7 Å². The molecule has 0 aromatic rings. The second-order valence-electron chi connectivity index (χ2n) is 12.3. The van der Waals surface area contributed by atoms with E-state index < -0.39 is 5.60 Å². The standard InChI is InChI=1S/C27H40N4O3/c1-25-9-6-19(30-31-24-28-12-3-13-29-24)15-18(25)4-5-22-21(25)7-10-26(2)20(8-11-27(22,26)33)17-14-23(32)34-16-17/h14,18,20-22,33H,3-13,15-16H2,1-2H3,(H2,28,29,31)/b30-19+/t18?,20-,21?,22?,25+,26-,27+/m1/s1. The first kappa shape index (κ1) is 22.6. The van der Waals surface area contributed by atoms with Crippen molar-refractivity contribution in [3.63, 3.8) is 0 Å². The first-order chi connectivity index (χ1) is 16.3. The zero-order valence-electron chi connectivity index (χ0n) is 20.7. The predicted octanol–water partition coefficient (Wildman–Crippen LogP) is 3.54. The quantitative estimate of drug-likeness (QED) is 0.426. The van der Waals surface area contributed by atoms with Crippen LogP contribution in [-0.4, -0.2) is 48.0 Å². The molecule has 7 atom stereocenters. The maximum absolute atomic E-state index is 12.3. The van der Waals surface area contributed by atoms with E-state index in [1.165, 1.54) is 18.6 Å². The summed E-state index contributed by atoms with van der Waals surface area (Å²) in [6.07, 6.45) is 12.4. The average Bonchev–Trinajstić information content (AvgIpc) is 3.38. The Kier molecular flexibility index (Phi) is 5.36. The van der Waals surface area contributed by atoms with Crippen molar-refractivity contribution >= 4 is 17.6 Å². The van der Waals surface area contributed by atoms with Crippen LogP contribution in [0.2, 0.25) is 0 Å². The van der Waals surface area contributed by atoms with Gasteiger partial charge in [-0.3, -0.25) is 4.99 Å². The molecule has 0 aromatic carbocycles. The molecule has 4 aliphatic carbocycles. The van der Waals surface area contributed by atoms with Crippen LogP contribution in [0, 0.1) is 34.5 Å². The van der Waals surface area contributed by atoms with Gasteiger partial charge in [0.1, 0.15) is 6.61 Å². The van der Waals surface area contributed by atoms with Gasteiger partial charge in [0.15, 0.2) is 0 Å². The molecular formula is C27H40N4O3. The van der Waals surface area contributed by atoms with E-state index >= 15 is 0 Å². The number of rotatable bonds is 2. The monoisotopic (exact) mass is 468 g/mol. The summed E-state index contributed by atoms with van der Waals surface area (Å²) in [5.41, 5.74) is 5.04. The van der Waals surface area contributed by atoms with Crippen molar-refractivity contribution in [3.05, 3.63) is 11.6 Å². The van der Waals surface area contributed by atoms with E-state index in [4.69, 9.17) is 9.84 Å². The minimum absolute atomic E-state index is 0.157. The number of ether oxygens (including phenoxy) is 1. The number of hydrogen-bond acceptors (Lipinski definition) is 7. The van der Waals surface area contributed by atoms with Crippen molar-refractivity contribution in [3.8, 4) is 0 Å². The van der Waals surface area contributed by atoms with Crippen molar-refractivity contribution in [2.75, 3.05) is 19.7 Å². The minimum Gasteiger partial charge on any atom is -0.458 e. The van der Waals surface area contributed by atoms with Gasteiger partial charge in [-0.2, -0.15) is 5.10 Å². The molecule has 6 rings (SSSR count). The second kappa shape index (κ2) is 8.07. The van der Waals surface area contributed by atoms with Crippen LogP contribution in [0.15, 0.2) is 21.7 Å². The molecule has 34 heavy (non-hydrogen) atoms. The molecule has 0 amide bonds. The fourth-order valence-electron chi connectivity index (χ4n) is 9.05. The topological polar surface area (TPSA) is 95.3 Å². The maximum Gasteiger partial charge on any atom is 0.331 e. The molecule has 3 N–H and O–H groups in total. The Morgan fingerprint density at radius 3 is 2.82 bits per heavy atom. The second-order valence-corrected chi connectivity index (χ2v) is 12.3. The number of carbonyl (C=O) groups excluding carboxylic acids is 1. The molecular weight excluding hydrogens is 428 g/mol. The summed E-state index contributed by atoms with van der Waals surface area (Å²) >= 11 is 0. The molecule has 3 unspecified atom stereocenters. The van der Waals surface area contributed by atoms with Gasteiger partial charge >= 0.3 is 5.97 Å². The molecule has 0 aromatic heterocycles. The number of fused-ring (bicyclic) bond motifs is 5. The van der Waals surface area contributed by atoms with Crippen LogP contribution in [0.5, 0.6) is 0 Å². The number of carbonyl (C=O) groups is 1. The Morgan fingerprint density at radius 2 is 2.06 bits per heavy atom. The number of nitrogens with one attached hydrogen (secondary N) is 2. The van der Waals surface area contributed by atoms with Gasteiger partial charge in [-0.05, 0) is 98.9 Å². The number of aliphatic hydroxyl groups is 1. The third-order valence-corrected chi connectivity index (χ3v) is 11.0. The molecule has 7 nitrogen and oxygen atoms in total. The van der Waals surface area contributed by atoms with E-state index in [0.717, 1.165) is 76.0 Å². The summed E-state index contributed by atoms with van der Waals surface area (Å²) in [7, 11) is 0. The SMILES string of the molecule is C[C@]12CC/C(=N\NC3=NCCCN3)CC1CCC1C2CC[C@]2(C)[C@@H](C3=CC(=O)OC3)CC[C@]12O. The zero-order chi connectivity index (χ0) is 23.6. The highest BCUT2D eigenvalue weighted by atomic mass is 16.5. The fraction of sp³-hybridized carbons (Fsp3) is 0.815. The van der Waals surface area contributed by atoms with Gasteiger partial charge in [0.25, 0.3) is 0 Å². The Bertz CT molecular complexity index is 960. The van der Waals surface area contributed by atoms with Gasteiger partial charge in [0.2, 0.25) is 5.96 Å². The molecule has 0 radical (unpaired) electrons. The summed E-state index contributed by atoms with van der Waals surface area (Å²) in [6, 6.07) is 0. The summed E-state index contributed by atoms with van der Waals surface area (Å²) in [6.45, 7) is 7.06. The van der Waals surface area contributed by atoms with E-state index in [2.05, 4.69) is 29.6 Å². The van der Waals surface area contributed by atoms with Crippen molar-refractivity contribution in [2.45, 2.75) is 83.7 Å². The number of hydrazone groups is 1. The Balaban J connectivity index is 1.19. The number of guanidine groups is 1. The largest absolute Gasteiger partial charge is 0.458 e. The van der Waals surface area contributed by atoms with Crippen LogP contribution in [0.25, 0.3) is 0 Å². The summed E-state index contributed by atoms with van der Waals surface area (Å²) < 4.78 is 5.26. The average molecular weight is 469 g/mol. The van der Waals surface area contributed by atoms with Crippen LogP contribution in [0.3, 0.4) is 0 Å². The first-order valence-corrected chi connectivity index (χ1v) is 13.5. The summed E-state index contributed by atoms with van der Waals surface area (Å²) in [5.74, 6) is 2.42. The molecule has 2 aliphatic heterocycles. The Labute approximate surface area is 202 Å². The molecule has 6 aliphatic rings. The third kappa shape index (κ3) is 3.29. The normalized spacial score (nSPS) is 47.0. The lowest BCUT2D eigenvalue weighted by molar-refractivity contribution is -0.200. The van der Waals surface area contributed by atoms with Crippen LogP contribution < -0.4 is 10.7 Å². The molecule has 186 valence electrons. The number of cyclic esters (lactones) is 1. The van der Waals surface area contributed by atoms with Gasteiger partial charge in [-0.15, -0.1) is 0 Å². The van der Waals surface area contributed by atoms with Crippen molar-refractivity contribution in [1.82, 2.24) is 10.7 Å². The molecule has 2 heterocycles. The van der Waals surface area contributed by atoms with Gasteiger partial charge in [-0.25, -0.2) is 10.2 Å². The van der Waals surface area contributed by atoms with Crippen molar-refractivity contribution < 1.29 is 14.6 Å².